The molecule has 0 saturated heterocycles. The smallest absolute Gasteiger partial charge is 0.269 e. The van der Waals surface area contributed by atoms with E-state index in [1.807, 2.05) is 0 Å². The molecule has 0 aromatic heterocycles. The number of non-ortho nitro benzene ring substituents is 1. The average Bonchev–Trinajstić information content (AvgIpc) is 2.58. The maximum absolute atomic E-state index is 11.2. The van der Waals surface area contributed by atoms with Gasteiger partial charge in [0.05, 0.1) is 4.92 Å². The van der Waals surface area contributed by atoms with E-state index in [-0.39, 0.29) is 17.9 Å². The summed E-state index contributed by atoms with van der Waals surface area (Å²) >= 11 is 3.31. The van der Waals surface area contributed by atoms with E-state index in [0.29, 0.717) is 11.3 Å². The summed E-state index contributed by atoms with van der Waals surface area (Å²) in [5.74, 6) is -0.389. The van der Waals surface area contributed by atoms with Crippen LogP contribution in [0.25, 0.3) is 6.08 Å². The van der Waals surface area contributed by atoms with Crippen molar-refractivity contribution < 1.29 is 14.5 Å². The number of nitriles is 1. The summed E-state index contributed by atoms with van der Waals surface area (Å²) < 4.78 is 6.45. The summed E-state index contributed by atoms with van der Waals surface area (Å²) in [6.45, 7) is 0.166. The molecule has 2 N–H and O–H groups in total. The highest BCUT2D eigenvalue weighted by atomic mass is 79.9. The Bertz CT molecular complexity index is 886. The highest BCUT2D eigenvalue weighted by molar-refractivity contribution is 9.10. The molecule has 0 spiro atoms. The Labute approximate surface area is 151 Å². The predicted octanol–water partition coefficient (Wildman–Crippen LogP) is 3.33. The number of amides is 1. The Morgan fingerprint density at radius 3 is 2.56 bits per heavy atom. The van der Waals surface area contributed by atoms with E-state index in [2.05, 4.69) is 15.9 Å². The minimum Gasteiger partial charge on any atom is -0.488 e. The molecule has 0 heterocycles. The standard InChI is InChI=1S/C17H12BrN3O4/c18-14-3-6-16(12(8-14)7-13(9-19)17(20)22)25-10-11-1-4-15(5-2-11)21(23)24/h1-8H,10H2,(H2,20,22)/b13-7+. The number of nitro groups is 1. The molecule has 0 fully saturated rings. The third-order valence-electron chi connectivity index (χ3n) is 3.20. The zero-order valence-corrected chi connectivity index (χ0v) is 14.4. The van der Waals surface area contributed by atoms with Crippen molar-refractivity contribution in [2.45, 2.75) is 6.61 Å². The van der Waals surface area contributed by atoms with E-state index in [1.54, 1.807) is 36.4 Å². The van der Waals surface area contributed by atoms with E-state index in [0.717, 1.165) is 10.0 Å². The number of hydrogen-bond acceptors (Lipinski definition) is 5. The lowest BCUT2D eigenvalue weighted by atomic mass is 10.1. The molecule has 2 aromatic carbocycles. The first-order valence-corrected chi connectivity index (χ1v) is 7.77. The molecular formula is C17H12BrN3O4. The van der Waals surface area contributed by atoms with Gasteiger partial charge in [0.25, 0.3) is 11.6 Å². The lowest BCUT2D eigenvalue weighted by molar-refractivity contribution is -0.384. The fraction of sp³-hybridized carbons (Fsp3) is 0.0588. The van der Waals surface area contributed by atoms with Crippen molar-refractivity contribution in [1.82, 2.24) is 0 Å². The molecule has 0 bridgehead atoms. The first-order valence-electron chi connectivity index (χ1n) is 6.98. The van der Waals surface area contributed by atoms with Gasteiger partial charge in [-0.3, -0.25) is 14.9 Å². The summed E-state index contributed by atoms with van der Waals surface area (Å²) in [6.07, 6.45) is 1.35. The zero-order valence-electron chi connectivity index (χ0n) is 12.8. The van der Waals surface area contributed by atoms with Crippen LogP contribution in [0, 0.1) is 21.4 Å². The van der Waals surface area contributed by atoms with Gasteiger partial charge in [0.2, 0.25) is 0 Å². The van der Waals surface area contributed by atoms with Crippen molar-refractivity contribution in [3.8, 4) is 11.8 Å². The molecule has 25 heavy (non-hydrogen) atoms. The number of ether oxygens (including phenoxy) is 1. The van der Waals surface area contributed by atoms with Gasteiger partial charge < -0.3 is 10.5 Å². The number of nitrogens with zero attached hydrogens (tertiary/aromatic N) is 2. The monoisotopic (exact) mass is 401 g/mol. The molecule has 0 aliphatic carbocycles. The van der Waals surface area contributed by atoms with Gasteiger partial charge in [0.1, 0.15) is 24.0 Å². The number of carbonyl (C=O) groups excluding carboxylic acids is 1. The molecule has 2 rings (SSSR count). The second-order valence-electron chi connectivity index (χ2n) is 4.93. The fourth-order valence-corrected chi connectivity index (χ4v) is 2.33. The van der Waals surface area contributed by atoms with Crippen molar-refractivity contribution in [1.29, 1.82) is 5.26 Å². The average molecular weight is 402 g/mol. The molecule has 8 heteroatoms. The Hall–Kier alpha value is -3.18. The highest BCUT2D eigenvalue weighted by Crippen LogP contribution is 2.26. The Kier molecular flexibility index (Phi) is 5.87. The lowest BCUT2D eigenvalue weighted by Gasteiger charge is -2.10. The number of benzene rings is 2. The van der Waals surface area contributed by atoms with Crippen LogP contribution in [0.15, 0.2) is 52.5 Å². The van der Waals surface area contributed by atoms with Crippen molar-refractivity contribution in [3.05, 3.63) is 73.8 Å². The summed E-state index contributed by atoms with van der Waals surface area (Å²) in [5, 5.41) is 19.6. The van der Waals surface area contributed by atoms with Crippen molar-refractivity contribution in [2.75, 3.05) is 0 Å². The van der Waals surface area contributed by atoms with Crippen LogP contribution in [0.1, 0.15) is 11.1 Å². The van der Waals surface area contributed by atoms with Gasteiger partial charge in [-0.25, -0.2) is 0 Å². The van der Waals surface area contributed by atoms with Crippen LogP contribution in [0.4, 0.5) is 5.69 Å². The summed E-state index contributed by atoms with van der Waals surface area (Å²) in [4.78, 5) is 21.4. The molecule has 0 radical (unpaired) electrons. The second kappa shape index (κ2) is 8.08. The quantitative estimate of drug-likeness (QED) is 0.344. The van der Waals surface area contributed by atoms with E-state index >= 15 is 0 Å². The Morgan fingerprint density at radius 1 is 1.32 bits per heavy atom. The van der Waals surface area contributed by atoms with Crippen LogP contribution < -0.4 is 10.5 Å². The third kappa shape index (κ3) is 4.89. The minimum atomic E-state index is -0.830. The number of nitro benzene ring substituents is 1. The van der Waals surface area contributed by atoms with E-state index < -0.39 is 10.8 Å². The fourth-order valence-electron chi connectivity index (χ4n) is 1.95. The molecule has 0 atom stereocenters. The first kappa shape index (κ1) is 18.2. The summed E-state index contributed by atoms with van der Waals surface area (Å²) in [5.41, 5.74) is 6.19. The van der Waals surface area contributed by atoms with Gasteiger partial charge in [-0.2, -0.15) is 5.26 Å². The van der Waals surface area contributed by atoms with Gasteiger partial charge in [-0.15, -0.1) is 0 Å². The number of rotatable bonds is 6. The predicted molar refractivity (Wildman–Crippen MR) is 94.4 cm³/mol. The van der Waals surface area contributed by atoms with E-state index in [4.69, 9.17) is 15.7 Å². The van der Waals surface area contributed by atoms with Crippen LogP contribution in [-0.2, 0) is 11.4 Å². The molecule has 2 aromatic rings. The number of halogens is 1. The largest absolute Gasteiger partial charge is 0.488 e. The van der Waals surface area contributed by atoms with Crippen molar-refractivity contribution in [3.63, 3.8) is 0 Å². The molecule has 7 nitrogen and oxygen atoms in total. The number of primary amides is 1. The summed E-state index contributed by atoms with van der Waals surface area (Å²) in [6, 6.07) is 12.8. The maximum atomic E-state index is 11.2. The highest BCUT2D eigenvalue weighted by Gasteiger charge is 2.09. The third-order valence-corrected chi connectivity index (χ3v) is 3.69. The van der Waals surface area contributed by atoms with Crippen molar-refractivity contribution >= 4 is 33.6 Å². The van der Waals surface area contributed by atoms with Crippen LogP contribution in [0.5, 0.6) is 5.75 Å². The Morgan fingerprint density at radius 2 is 2.00 bits per heavy atom. The molecule has 0 aliphatic heterocycles. The molecule has 0 aliphatic rings. The summed E-state index contributed by atoms with van der Waals surface area (Å²) in [7, 11) is 0. The SMILES string of the molecule is N#C/C(=C\c1cc(Br)ccc1OCc1ccc([N+](=O)[O-])cc1)C(N)=O. The molecular weight excluding hydrogens is 390 g/mol. The number of nitrogens with two attached hydrogens (primary N) is 1. The molecule has 126 valence electrons. The number of hydrogen-bond donors (Lipinski definition) is 1. The number of carbonyl (C=O) groups is 1. The van der Waals surface area contributed by atoms with Gasteiger partial charge in [0, 0.05) is 22.2 Å². The zero-order chi connectivity index (χ0) is 18.4. The topological polar surface area (TPSA) is 119 Å². The first-order chi connectivity index (χ1) is 11.9. The van der Waals surface area contributed by atoms with Crippen molar-refractivity contribution in [2.24, 2.45) is 5.73 Å². The maximum Gasteiger partial charge on any atom is 0.269 e. The lowest BCUT2D eigenvalue weighted by Crippen LogP contribution is -2.12. The van der Waals surface area contributed by atoms with Crippen LogP contribution in [0.3, 0.4) is 0 Å². The van der Waals surface area contributed by atoms with Crippen LogP contribution in [0.2, 0.25) is 0 Å². The normalized spacial score (nSPS) is 10.8. The van der Waals surface area contributed by atoms with Gasteiger partial charge in [-0.05, 0) is 42.0 Å². The van der Waals surface area contributed by atoms with E-state index in [9.17, 15) is 14.9 Å². The van der Waals surface area contributed by atoms with Gasteiger partial charge in [0.15, 0.2) is 0 Å². The van der Waals surface area contributed by atoms with E-state index in [1.165, 1.54) is 18.2 Å². The van der Waals surface area contributed by atoms with Gasteiger partial charge >= 0.3 is 0 Å². The Balaban J connectivity index is 2.23. The molecule has 1 amide bonds. The van der Waals surface area contributed by atoms with Gasteiger partial charge in [-0.1, -0.05) is 15.9 Å². The van der Waals surface area contributed by atoms with Crippen LogP contribution >= 0.6 is 15.9 Å². The minimum absolute atomic E-state index is 0.00358. The second-order valence-corrected chi connectivity index (χ2v) is 5.84. The van der Waals surface area contributed by atoms with Crippen LogP contribution in [-0.4, -0.2) is 10.8 Å². The molecule has 0 unspecified atom stereocenters. The molecule has 0 saturated carbocycles.